The van der Waals surface area contributed by atoms with E-state index in [4.69, 9.17) is 11.6 Å². The fraction of sp³-hybridized carbons (Fsp3) is 0.286. The third kappa shape index (κ3) is 2.69. The van der Waals surface area contributed by atoms with Crippen LogP contribution in [0.15, 0.2) is 29.8 Å². The number of hydrogen-bond acceptors (Lipinski definition) is 3. The Morgan fingerprint density at radius 2 is 2.20 bits per heavy atom. The molecule has 1 aromatic carbocycles. The number of aromatic nitrogens is 3. The van der Waals surface area contributed by atoms with E-state index in [1.165, 1.54) is 12.1 Å². The van der Waals surface area contributed by atoms with Gasteiger partial charge < -0.3 is 4.57 Å². The smallest absolute Gasteiger partial charge is 0.125 e. The Labute approximate surface area is 125 Å². The number of thiazole rings is 1. The summed E-state index contributed by atoms with van der Waals surface area (Å²) in [5.41, 5.74) is 1.63. The molecule has 0 atom stereocenters. The van der Waals surface area contributed by atoms with Crippen molar-refractivity contribution in [3.63, 3.8) is 0 Å². The Bertz CT molecular complexity index is 709. The minimum absolute atomic E-state index is 0.264. The van der Waals surface area contributed by atoms with E-state index >= 15 is 0 Å². The van der Waals surface area contributed by atoms with E-state index in [9.17, 15) is 4.39 Å². The van der Waals surface area contributed by atoms with Gasteiger partial charge in [0.05, 0.1) is 16.0 Å². The molecule has 6 heteroatoms. The average molecular weight is 310 g/mol. The van der Waals surface area contributed by atoms with Crippen LogP contribution in [0.5, 0.6) is 0 Å². The topological polar surface area (TPSA) is 30.7 Å². The van der Waals surface area contributed by atoms with Crippen LogP contribution in [0.1, 0.15) is 10.8 Å². The molecule has 0 amide bonds. The van der Waals surface area contributed by atoms with Crippen molar-refractivity contribution < 1.29 is 4.39 Å². The maximum absolute atomic E-state index is 13.3. The molecule has 3 nitrogen and oxygen atoms in total. The monoisotopic (exact) mass is 309 g/mol. The first kappa shape index (κ1) is 13.5. The van der Waals surface area contributed by atoms with Gasteiger partial charge in [-0.3, -0.25) is 0 Å². The molecule has 0 aliphatic rings. The van der Waals surface area contributed by atoms with E-state index in [1.807, 2.05) is 5.38 Å². The lowest BCUT2D eigenvalue weighted by Crippen LogP contribution is -2.07. The lowest BCUT2D eigenvalue weighted by atomic mass is 10.3. The maximum Gasteiger partial charge on any atom is 0.125 e. The van der Waals surface area contributed by atoms with E-state index in [-0.39, 0.29) is 5.82 Å². The number of aryl methyl sites for hydroxylation is 3. The third-order valence-electron chi connectivity index (χ3n) is 3.14. The molecular weight excluding hydrogens is 297 g/mol. The van der Waals surface area contributed by atoms with Crippen molar-refractivity contribution in [3.8, 4) is 0 Å². The molecule has 20 heavy (non-hydrogen) atoms. The Morgan fingerprint density at radius 3 is 2.95 bits per heavy atom. The standard InChI is InChI=1S/C14H13ClFN3S/c15-5-3-13-18-11-9-10(16)1-2-12(11)19(13)7-4-14-17-6-8-20-14/h1-2,6,8-9H,3-5,7H2. The predicted octanol–water partition coefficient (Wildman–Crippen LogP) is 3.66. The summed E-state index contributed by atoms with van der Waals surface area (Å²) in [7, 11) is 0. The van der Waals surface area contributed by atoms with Gasteiger partial charge in [-0.15, -0.1) is 22.9 Å². The van der Waals surface area contributed by atoms with Gasteiger partial charge in [0, 0.05) is 42.9 Å². The van der Waals surface area contributed by atoms with E-state index in [1.54, 1.807) is 23.6 Å². The Kier molecular flexibility index (Phi) is 3.98. The molecule has 104 valence electrons. The highest BCUT2D eigenvalue weighted by Crippen LogP contribution is 2.19. The Morgan fingerprint density at radius 1 is 1.30 bits per heavy atom. The van der Waals surface area contributed by atoms with E-state index in [2.05, 4.69) is 14.5 Å². The SMILES string of the molecule is Fc1ccc2c(c1)nc(CCCl)n2CCc1nccs1. The highest BCUT2D eigenvalue weighted by Gasteiger charge is 2.11. The van der Waals surface area contributed by atoms with Crippen LogP contribution < -0.4 is 0 Å². The number of alkyl halides is 1. The molecule has 0 fully saturated rings. The van der Waals surface area contributed by atoms with Crippen molar-refractivity contribution in [2.24, 2.45) is 0 Å². The third-order valence-corrected chi connectivity index (χ3v) is 4.17. The lowest BCUT2D eigenvalue weighted by Gasteiger charge is -2.07. The molecule has 0 saturated heterocycles. The number of benzene rings is 1. The van der Waals surface area contributed by atoms with Crippen molar-refractivity contribution in [1.82, 2.24) is 14.5 Å². The first-order valence-corrected chi connectivity index (χ1v) is 7.78. The largest absolute Gasteiger partial charge is 0.328 e. The van der Waals surface area contributed by atoms with Crippen LogP contribution in [0, 0.1) is 5.82 Å². The second-order valence-electron chi connectivity index (χ2n) is 4.43. The van der Waals surface area contributed by atoms with Crippen LogP contribution >= 0.6 is 22.9 Å². The Hall–Kier alpha value is -1.46. The summed E-state index contributed by atoms with van der Waals surface area (Å²) in [4.78, 5) is 8.77. The van der Waals surface area contributed by atoms with Crippen molar-refractivity contribution >= 4 is 34.0 Å². The first-order chi connectivity index (χ1) is 9.78. The zero-order chi connectivity index (χ0) is 13.9. The zero-order valence-corrected chi connectivity index (χ0v) is 12.3. The number of halogens is 2. The number of fused-ring (bicyclic) bond motifs is 1. The number of hydrogen-bond donors (Lipinski definition) is 0. The van der Waals surface area contributed by atoms with Gasteiger partial charge in [0.1, 0.15) is 11.6 Å². The number of rotatable bonds is 5. The second-order valence-corrected chi connectivity index (χ2v) is 5.78. The summed E-state index contributed by atoms with van der Waals surface area (Å²) in [5, 5.41) is 3.06. The minimum atomic E-state index is -0.264. The predicted molar refractivity (Wildman–Crippen MR) is 79.9 cm³/mol. The van der Waals surface area contributed by atoms with Crippen LogP contribution in [0.2, 0.25) is 0 Å². The molecule has 0 saturated carbocycles. The van der Waals surface area contributed by atoms with Gasteiger partial charge in [-0.1, -0.05) is 0 Å². The van der Waals surface area contributed by atoms with Crippen LogP contribution in [-0.4, -0.2) is 20.4 Å². The van der Waals surface area contributed by atoms with E-state index in [0.29, 0.717) is 17.8 Å². The van der Waals surface area contributed by atoms with Crippen LogP contribution in [-0.2, 0) is 19.4 Å². The van der Waals surface area contributed by atoms with Crippen molar-refractivity contribution in [1.29, 1.82) is 0 Å². The summed E-state index contributed by atoms with van der Waals surface area (Å²) >= 11 is 7.47. The molecule has 3 aromatic rings. The van der Waals surface area contributed by atoms with Crippen molar-refractivity contribution in [2.75, 3.05) is 5.88 Å². The van der Waals surface area contributed by atoms with Gasteiger partial charge in [0.25, 0.3) is 0 Å². The molecule has 0 bridgehead atoms. The van der Waals surface area contributed by atoms with E-state index < -0.39 is 0 Å². The van der Waals surface area contributed by atoms with Crippen molar-refractivity contribution in [3.05, 3.63) is 46.4 Å². The van der Waals surface area contributed by atoms with Crippen LogP contribution in [0.4, 0.5) is 4.39 Å². The molecule has 2 heterocycles. The fourth-order valence-corrected chi connectivity index (χ4v) is 3.04. The normalized spacial score (nSPS) is 11.3. The second kappa shape index (κ2) is 5.89. The van der Waals surface area contributed by atoms with Crippen LogP contribution in [0.25, 0.3) is 11.0 Å². The van der Waals surface area contributed by atoms with Gasteiger partial charge in [-0.25, -0.2) is 14.4 Å². The summed E-state index contributed by atoms with van der Waals surface area (Å²) in [5.74, 6) is 1.14. The average Bonchev–Trinajstić information content (AvgIpc) is 3.04. The molecule has 0 spiro atoms. The number of nitrogens with zero attached hydrogens (tertiary/aromatic N) is 3. The summed E-state index contributed by atoms with van der Waals surface area (Å²) < 4.78 is 15.4. The molecular formula is C14H13ClFN3S. The van der Waals surface area contributed by atoms with Gasteiger partial charge in [-0.2, -0.15) is 0 Å². The maximum atomic E-state index is 13.3. The van der Waals surface area contributed by atoms with Gasteiger partial charge >= 0.3 is 0 Å². The van der Waals surface area contributed by atoms with Gasteiger partial charge in [-0.05, 0) is 12.1 Å². The molecule has 0 radical (unpaired) electrons. The Balaban J connectivity index is 1.95. The highest BCUT2D eigenvalue weighted by molar-refractivity contribution is 7.09. The molecule has 0 aliphatic heterocycles. The minimum Gasteiger partial charge on any atom is -0.328 e. The molecule has 3 rings (SSSR count). The zero-order valence-electron chi connectivity index (χ0n) is 10.7. The molecule has 2 aromatic heterocycles. The van der Waals surface area contributed by atoms with Crippen LogP contribution in [0.3, 0.4) is 0 Å². The molecule has 0 N–H and O–H groups in total. The quantitative estimate of drug-likeness (QED) is 0.673. The first-order valence-electron chi connectivity index (χ1n) is 6.37. The van der Waals surface area contributed by atoms with Gasteiger partial charge in [0.2, 0.25) is 0 Å². The molecule has 0 unspecified atom stereocenters. The number of imidazole rings is 1. The van der Waals surface area contributed by atoms with E-state index in [0.717, 1.165) is 29.3 Å². The van der Waals surface area contributed by atoms with Crippen molar-refractivity contribution in [2.45, 2.75) is 19.4 Å². The molecule has 0 aliphatic carbocycles. The fourth-order valence-electron chi connectivity index (χ4n) is 2.26. The summed E-state index contributed by atoms with van der Waals surface area (Å²) in [6, 6.07) is 4.71. The lowest BCUT2D eigenvalue weighted by molar-refractivity contribution is 0.629. The summed E-state index contributed by atoms with van der Waals surface area (Å²) in [6.45, 7) is 0.780. The summed E-state index contributed by atoms with van der Waals surface area (Å²) in [6.07, 6.45) is 3.33. The highest BCUT2D eigenvalue weighted by atomic mass is 35.5. The van der Waals surface area contributed by atoms with Gasteiger partial charge in [0.15, 0.2) is 0 Å².